The Bertz CT molecular complexity index is 907. The van der Waals surface area contributed by atoms with Crippen molar-refractivity contribution in [2.75, 3.05) is 46.9 Å². The SMILES string of the molecule is CCCCCCCCCCCCCC(=O)N1CCC(N2CCC(C(=O)NCCc3ccc(OC)c(OC)c3)CC2)CC1. The molecule has 2 aliphatic rings. The lowest BCUT2D eigenvalue weighted by molar-refractivity contribution is -0.133. The van der Waals surface area contributed by atoms with Crippen LogP contribution in [0.4, 0.5) is 0 Å². The molecule has 2 amide bonds. The van der Waals surface area contributed by atoms with E-state index >= 15 is 0 Å². The van der Waals surface area contributed by atoms with Gasteiger partial charge in [-0.2, -0.15) is 0 Å². The Morgan fingerprint density at radius 1 is 0.786 bits per heavy atom. The predicted molar refractivity (Wildman–Crippen MR) is 171 cm³/mol. The molecule has 0 aliphatic carbocycles. The highest BCUT2D eigenvalue weighted by atomic mass is 16.5. The average Bonchev–Trinajstić information content (AvgIpc) is 3.03. The van der Waals surface area contributed by atoms with E-state index in [-0.39, 0.29) is 11.8 Å². The van der Waals surface area contributed by atoms with Crippen molar-refractivity contribution in [3.63, 3.8) is 0 Å². The number of benzene rings is 1. The molecule has 0 saturated carbocycles. The molecule has 0 unspecified atom stereocenters. The van der Waals surface area contributed by atoms with Gasteiger partial charge in [-0.1, -0.05) is 77.2 Å². The zero-order chi connectivity index (χ0) is 30.0. The number of carbonyl (C=O) groups excluding carboxylic acids is 2. The van der Waals surface area contributed by atoms with E-state index in [0.29, 0.717) is 36.4 Å². The summed E-state index contributed by atoms with van der Waals surface area (Å²) < 4.78 is 10.7. The van der Waals surface area contributed by atoms with Gasteiger partial charge in [0.1, 0.15) is 0 Å². The summed E-state index contributed by atoms with van der Waals surface area (Å²) in [4.78, 5) is 30.2. The number of ether oxygens (including phenoxy) is 2. The monoisotopic (exact) mass is 585 g/mol. The number of rotatable bonds is 19. The van der Waals surface area contributed by atoms with Crippen LogP contribution < -0.4 is 14.8 Å². The molecule has 7 heteroatoms. The summed E-state index contributed by atoms with van der Waals surface area (Å²) in [5.74, 6) is 2.06. The van der Waals surface area contributed by atoms with Crippen molar-refractivity contribution in [3.05, 3.63) is 23.8 Å². The van der Waals surface area contributed by atoms with Crippen LogP contribution in [0.5, 0.6) is 11.5 Å². The molecule has 1 N–H and O–H groups in total. The van der Waals surface area contributed by atoms with E-state index in [2.05, 4.69) is 22.0 Å². The number of nitrogens with zero attached hydrogens (tertiary/aromatic N) is 2. The summed E-state index contributed by atoms with van der Waals surface area (Å²) in [7, 11) is 3.27. The van der Waals surface area contributed by atoms with Gasteiger partial charge in [-0.25, -0.2) is 0 Å². The number of unbranched alkanes of at least 4 members (excludes halogenated alkanes) is 10. The Hall–Kier alpha value is -2.28. The van der Waals surface area contributed by atoms with Crippen LogP contribution >= 0.6 is 0 Å². The summed E-state index contributed by atoms with van der Waals surface area (Å²) in [6, 6.07) is 6.45. The molecule has 2 heterocycles. The Morgan fingerprint density at radius 2 is 1.38 bits per heavy atom. The van der Waals surface area contributed by atoms with Crippen LogP contribution in [0.15, 0.2) is 18.2 Å². The molecule has 2 saturated heterocycles. The van der Waals surface area contributed by atoms with Gasteiger partial charge in [0, 0.05) is 38.0 Å². The van der Waals surface area contributed by atoms with Gasteiger partial charge in [0.2, 0.25) is 11.8 Å². The van der Waals surface area contributed by atoms with Gasteiger partial charge in [-0.15, -0.1) is 0 Å². The fourth-order valence-electron chi connectivity index (χ4n) is 6.62. The topological polar surface area (TPSA) is 71.1 Å². The molecule has 42 heavy (non-hydrogen) atoms. The number of methoxy groups -OCH3 is 2. The highest BCUT2D eigenvalue weighted by Crippen LogP contribution is 2.28. The minimum absolute atomic E-state index is 0.0964. The molecule has 0 atom stereocenters. The van der Waals surface area contributed by atoms with Crippen LogP contribution in [0.3, 0.4) is 0 Å². The average molecular weight is 586 g/mol. The summed E-state index contributed by atoms with van der Waals surface area (Å²) in [6.07, 6.45) is 19.9. The summed E-state index contributed by atoms with van der Waals surface area (Å²) in [6.45, 7) is 6.62. The number of amides is 2. The van der Waals surface area contributed by atoms with E-state index in [0.717, 1.165) is 70.3 Å². The minimum atomic E-state index is 0.0964. The first kappa shape index (κ1) is 34.2. The fraction of sp³-hybridized carbons (Fsp3) is 0.771. The van der Waals surface area contributed by atoms with E-state index in [1.165, 1.54) is 64.2 Å². The number of likely N-dealkylation sites (tertiary alicyclic amines) is 2. The molecular formula is C35H59N3O4. The Kier molecular flexibility index (Phi) is 16.1. The lowest BCUT2D eigenvalue weighted by Crippen LogP contribution is -2.50. The van der Waals surface area contributed by atoms with Crippen LogP contribution in [0, 0.1) is 5.92 Å². The molecule has 7 nitrogen and oxygen atoms in total. The second-order valence-corrected chi connectivity index (χ2v) is 12.4. The van der Waals surface area contributed by atoms with E-state index < -0.39 is 0 Å². The first-order chi connectivity index (χ1) is 20.5. The number of hydrogen-bond acceptors (Lipinski definition) is 5. The lowest BCUT2D eigenvalue weighted by atomic mass is 9.92. The summed E-state index contributed by atoms with van der Waals surface area (Å²) in [5.41, 5.74) is 1.12. The maximum atomic E-state index is 12.8. The van der Waals surface area contributed by atoms with Crippen molar-refractivity contribution < 1.29 is 19.1 Å². The van der Waals surface area contributed by atoms with Gasteiger partial charge in [0.25, 0.3) is 0 Å². The number of piperidine rings is 2. The molecular weight excluding hydrogens is 526 g/mol. The van der Waals surface area contributed by atoms with Gasteiger partial charge < -0.3 is 24.6 Å². The van der Waals surface area contributed by atoms with Crippen molar-refractivity contribution >= 4 is 11.8 Å². The molecule has 1 aromatic rings. The van der Waals surface area contributed by atoms with Crippen LogP contribution in [-0.4, -0.2) is 74.6 Å². The van der Waals surface area contributed by atoms with Gasteiger partial charge in [-0.3, -0.25) is 9.59 Å². The highest BCUT2D eigenvalue weighted by molar-refractivity contribution is 5.78. The fourth-order valence-corrected chi connectivity index (χ4v) is 6.62. The predicted octanol–water partition coefficient (Wildman–Crippen LogP) is 6.77. The third kappa shape index (κ3) is 11.8. The van der Waals surface area contributed by atoms with Crippen molar-refractivity contribution in [3.8, 4) is 11.5 Å². The smallest absolute Gasteiger partial charge is 0.223 e. The van der Waals surface area contributed by atoms with Gasteiger partial charge >= 0.3 is 0 Å². The van der Waals surface area contributed by atoms with Gasteiger partial charge in [0.15, 0.2) is 11.5 Å². The Morgan fingerprint density at radius 3 is 1.98 bits per heavy atom. The van der Waals surface area contributed by atoms with Crippen molar-refractivity contribution in [1.29, 1.82) is 0 Å². The molecule has 2 fully saturated rings. The molecule has 0 bridgehead atoms. The van der Waals surface area contributed by atoms with Crippen LogP contribution in [0.25, 0.3) is 0 Å². The Balaban J connectivity index is 1.22. The molecule has 1 aromatic carbocycles. The van der Waals surface area contributed by atoms with Gasteiger partial charge in [-0.05, 0) is 69.3 Å². The van der Waals surface area contributed by atoms with Crippen molar-refractivity contribution in [2.24, 2.45) is 5.92 Å². The Labute approximate surface area is 256 Å². The molecule has 0 spiro atoms. The molecule has 2 aliphatic heterocycles. The standard InChI is InChI=1S/C35H59N3O4/c1-4-5-6-7-8-9-10-11-12-13-14-15-34(39)38-26-21-31(22-27-38)37-24-19-30(20-25-37)35(40)36-23-18-29-16-17-32(41-2)33(28-29)42-3/h16-17,28,30-31H,4-15,18-27H2,1-3H3,(H,36,40). The molecule has 238 valence electrons. The van der Waals surface area contributed by atoms with Gasteiger partial charge in [0.05, 0.1) is 14.2 Å². The van der Waals surface area contributed by atoms with Crippen LogP contribution in [0.2, 0.25) is 0 Å². The zero-order valence-electron chi connectivity index (χ0n) is 27.0. The quantitative estimate of drug-likeness (QED) is 0.182. The molecule has 0 radical (unpaired) electrons. The molecule has 0 aromatic heterocycles. The summed E-state index contributed by atoms with van der Waals surface area (Å²) in [5, 5.41) is 3.15. The highest BCUT2D eigenvalue weighted by Gasteiger charge is 2.31. The maximum absolute atomic E-state index is 12.8. The first-order valence-electron chi connectivity index (χ1n) is 17.1. The second-order valence-electron chi connectivity index (χ2n) is 12.4. The third-order valence-corrected chi connectivity index (χ3v) is 9.39. The van der Waals surface area contributed by atoms with E-state index in [9.17, 15) is 9.59 Å². The third-order valence-electron chi connectivity index (χ3n) is 9.39. The normalized spacial score (nSPS) is 16.9. The molecule has 3 rings (SSSR count). The van der Waals surface area contributed by atoms with Crippen molar-refractivity contribution in [2.45, 2.75) is 122 Å². The number of carbonyl (C=O) groups is 2. The zero-order valence-corrected chi connectivity index (χ0v) is 27.0. The second kappa shape index (κ2) is 19.8. The van der Waals surface area contributed by atoms with Crippen LogP contribution in [-0.2, 0) is 16.0 Å². The van der Waals surface area contributed by atoms with E-state index in [4.69, 9.17) is 9.47 Å². The largest absolute Gasteiger partial charge is 0.493 e. The van der Waals surface area contributed by atoms with Crippen molar-refractivity contribution in [1.82, 2.24) is 15.1 Å². The lowest BCUT2D eigenvalue weighted by Gasteiger charge is -2.41. The first-order valence-corrected chi connectivity index (χ1v) is 17.1. The maximum Gasteiger partial charge on any atom is 0.223 e. The summed E-state index contributed by atoms with van der Waals surface area (Å²) >= 11 is 0. The van der Waals surface area contributed by atoms with E-state index in [1.807, 2.05) is 18.2 Å². The minimum Gasteiger partial charge on any atom is -0.493 e. The number of hydrogen-bond donors (Lipinski definition) is 1. The number of nitrogens with one attached hydrogen (secondary N) is 1. The van der Waals surface area contributed by atoms with Crippen LogP contribution in [0.1, 0.15) is 115 Å². The van der Waals surface area contributed by atoms with E-state index in [1.54, 1.807) is 14.2 Å².